The topological polar surface area (TPSA) is 49.4 Å². The van der Waals surface area contributed by atoms with Crippen LogP contribution in [0, 0.1) is 5.92 Å². The van der Waals surface area contributed by atoms with Crippen molar-refractivity contribution in [2.75, 3.05) is 18.0 Å². The van der Waals surface area contributed by atoms with E-state index in [1.54, 1.807) is 4.90 Å². The molecule has 0 spiro atoms. The molecule has 1 atom stereocenters. The zero-order valence-corrected chi connectivity index (χ0v) is 14.8. The minimum absolute atomic E-state index is 0.000492. The second kappa shape index (κ2) is 7.62. The molecule has 0 aliphatic carbocycles. The predicted octanol–water partition coefficient (Wildman–Crippen LogP) is 3.16. The van der Waals surface area contributed by atoms with Gasteiger partial charge in [0.2, 0.25) is 11.8 Å². The lowest BCUT2D eigenvalue weighted by atomic mass is 10.1. The molecule has 1 aliphatic rings. The summed E-state index contributed by atoms with van der Waals surface area (Å²) in [5.41, 5.74) is 2.03. The van der Waals surface area contributed by atoms with E-state index < -0.39 is 0 Å². The molecule has 2 amide bonds. The number of halogens is 1. The van der Waals surface area contributed by atoms with Crippen molar-refractivity contribution in [3.05, 3.63) is 64.6 Å². The number of nitrogens with one attached hydrogen (secondary N) is 1. The predicted molar refractivity (Wildman–Crippen MR) is 97.8 cm³/mol. The van der Waals surface area contributed by atoms with Gasteiger partial charge in [-0.15, -0.1) is 0 Å². The Morgan fingerprint density at radius 2 is 1.83 bits per heavy atom. The van der Waals surface area contributed by atoms with Crippen LogP contribution in [0.2, 0.25) is 0 Å². The third-order valence-electron chi connectivity index (χ3n) is 4.19. The van der Waals surface area contributed by atoms with Gasteiger partial charge in [-0.3, -0.25) is 9.59 Å². The normalized spacial score (nSPS) is 17.1. The Morgan fingerprint density at radius 1 is 1.12 bits per heavy atom. The third kappa shape index (κ3) is 4.03. The Morgan fingerprint density at radius 3 is 2.54 bits per heavy atom. The first kappa shape index (κ1) is 16.7. The van der Waals surface area contributed by atoms with E-state index in [-0.39, 0.29) is 24.2 Å². The molecule has 0 saturated carbocycles. The molecule has 5 heteroatoms. The highest BCUT2D eigenvalue weighted by molar-refractivity contribution is 9.10. The number of benzene rings is 2. The third-order valence-corrected chi connectivity index (χ3v) is 4.72. The standard InChI is InChI=1S/C19H19BrN2O2/c20-16-6-8-17(9-7-16)22-13-15(12-18(22)23)19(24)21-11-10-14-4-2-1-3-5-14/h1-9,15H,10-13H2,(H,21,24). The lowest BCUT2D eigenvalue weighted by molar-refractivity contribution is -0.126. The summed E-state index contributed by atoms with van der Waals surface area (Å²) in [5.74, 6) is -0.323. The first-order valence-electron chi connectivity index (χ1n) is 8.01. The Bertz CT molecular complexity index is 716. The van der Waals surface area contributed by atoms with Crippen LogP contribution in [0.15, 0.2) is 59.1 Å². The molecule has 0 bridgehead atoms. The molecule has 1 heterocycles. The lowest BCUT2D eigenvalue weighted by Crippen LogP contribution is -2.34. The number of amides is 2. The van der Waals surface area contributed by atoms with Gasteiger partial charge in [0, 0.05) is 29.7 Å². The quantitative estimate of drug-likeness (QED) is 0.857. The average Bonchev–Trinajstić information content (AvgIpc) is 2.98. The van der Waals surface area contributed by atoms with Gasteiger partial charge in [0.1, 0.15) is 0 Å². The highest BCUT2D eigenvalue weighted by Gasteiger charge is 2.34. The van der Waals surface area contributed by atoms with Crippen molar-refractivity contribution in [1.82, 2.24) is 5.32 Å². The van der Waals surface area contributed by atoms with Crippen LogP contribution < -0.4 is 10.2 Å². The summed E-state index contributed by atoms with van der Waals surface area (Å²) >= 11 is 3.38. The van der Waals surface area contributed by atoms with Crippen molar-refractivity contribution < 1.29 is 9.59 Å². The van der Waals surface area contributed by atoms with Crippen molar-refractivity contribution in [2.24, 2.45) is 5.92 Å². The van der Waals surface area contributed by atoms with Crippen LogP contribution in [0.3, 0.4) is 0 Å². The van der Waals surface area contributed by atoms with E-state index in [1.165, 1.54) is 5.56 Å². The number of hydrogen-bond donors (Lipinski definition) is 1. The first-order valence-corrected chi connectivity index (χ1v) is 8.80. The van der Waals surface area contributed by atoms with E-state index in [1.807, 2.05) is 54.6 Å². The van der Waals surface area contributed by atoms with E-state index >= 15 is 0 Å². The maximum absolute atomic E-state index is 12.3. The highest BCUT2D eigenvalue weighted by Crippen LogP contribution is 2.26. The molecule has 124 valence electrons. The summed E-state index contributed by atoms with van der Waals surface area (Å²) in [6, 6.07) is 17.6. The van der Waals surface area contributed by atoms with Crippen molar-refractivity contribution in [3.8, 4) is 0 Å². The molecule has 1 aliphatic heterocycles. The van der Waals surface area contributed by atoms with Gasteiger partial charge in [-0.25, -0.2) is 0 Å². The molecule has 1 unspecified atom stereocenters. The maximum Gasteiger partial charge on any atom is 0.227 e. The molecule has 2 aromatic rings. The van der Waals surface area contributed by atoms with Crippen LogP contribution in [0.1, 0.15) is 12.0 Å². The molecule has 24 heavy (non-hydrogen) atoms. The largest absolute Gasteiger partial charge is 0.355 e. The number of carbonyl (C=O) groups excluding carboxylic acids is 2. The number of rotatable bonds is 5. The number of nitrogens with zero attached hydrogens (tertiary/aromatic N) is 1. The molecule has 3 rings (SSSR count). The summed E-state index contributed by atoms with van der Waals surface area (Å²) in [4.78, 5) is 26.2. The maximum atomic E-state index is 12.3. The minimum Gasteiger partial charge on any atom is -0.355 e. The number of anilines is 1. The summed E-state index contributed by atoms with van der Waals surface area (Å²) in [6.07, 6.45) is 1.07. The van der Waals surface area contributed by atoms with Crippen molar-refractivity contribution >= 4 is 33.4 Å². The molecule has 2 aromatic carbocycles. The number of hydrogen-bond acceptors (Lipinski definition) is 2. The Hall–Kier alpha value is -2.14. The fourth-order valence-corrected chi connectivity index (χ4v) is 3.14. The fourth-order valence-electron chi connectivity index (χ4n) is 2.87. The van der Waals surface area contributed by atoms with E-state index in [0.29, 0.717) is 13.1 Å². The molecular weight excluding hydrogens is 368 g/mol. The zero-order chi connectivity index (χ0) is 16.9. The molecule has 4 nitrogen and oxygen atoms in total. The summed E-state index contributed by atoms with van der Waals surface area (Å²) < 4.78 is 0.966. The van der Waals surface area contributed by atoms with Crippen molar-refractivity contribution in [3.63, 3.8) is 0 Å². The van der Waals surface area contributed by atoms with Gasteiger partial charge in [0.15, 0.2) is 0 Å². The van der Waals surface area contributed by atoms with Crippen LogP contribution in [0.4, 0.5) is 5.69 Å². The fraction of sp³-hybridized carbons (Fsp3) is 0.263. The Labute approximate surface area is 150 Å². The van der Waals surface area contributed by atoms with Gasteiger partial charge in [-0.1, -0.05) is 46.3 Å². The van der Waals surface area contributed by atoms with Gasteiger partial charge >= 0.3 is 0 Å². The summed E-state index contributed by atoms with van der Waals surface area (Å²) in [6.45, 7) is 1.03. The van der Waals surface area contributed by atoms with Gasteiger partial charge in [-0.2, -0.15) is 0 Å². The van der Waals surface area contributed by atoms with E-state index in [0.717, 1.165) is 16.6 Å². The summed E-state index contributed by atoms with van der Waals surface area (Å²) in [5, 5.41) is 2.95. The van der Waals surface area contributed by atoms with Crippen LogP contribution in [0.5, 0.6) is 0 Å². The Kier molecular flexibility index (Phi) is 5.30. The van der Waals surface area contributed by atoms with Crippen molar-refractivity contribution in [1.29, 1.82) is 0 Å². The monoisotopic (exact) mass is 386 g/mol. The van der Waals surface area contributed by atoms with E-state index in [2.05, 4.69) is 21.2 Å². The molecule has 1 fully saturated rings. The van der Waals surface area contributed by atoms with Gasteiger partial charge in [0.25, 0.3) is 0 Å². The average molecular weight is 387 g/mol. The van der Waals surface area contributed by atoms with Crippen LogP contribution in [0.25, 0.3) is 0 Å². The molecule has 0 radical (unpaired) electrons. The van der Waals surface area contributed by atoms with E-state index in [4.69, 9.17) is 0 Å². The van der Waals surface area contributed by atoms with Crippen LogP contribution in [-0.2, 0) is 16.0 Å². The molecule has 1 N–H and O–H groups in total. The zero-order valence-electron chi connectivity index (χ0n) is 13.2. The lowest BCUT2D eigenvalue weighted by Gasteiger charge is -2.16. The minimum atomic E-state index is -0.281. The smallest absolute Gasteiger partial charge is 0.227 e. The van der Waals surface area contributed by atoms with Crippen LogP contribution in [-0.4, -0.2) is 24.9 Å². The van der Waals surface area contributed by atoms with Gasteiger partial charge in [0.05, 0.1) is 5.92 Å². The van der Waals surface area contributed by atoms with E-state index in [9.17, 15) is 9.59 Å². The highest BCUT2D eigenvalue weighted by atomic mass is 79.9. The molecular formula is C19H19BrN2O2. The number of carbonyl (C=O) groups is 2. The molecule has 0 aromatic heterocycles. The van der Waals surface area contributed by atoms with Crippen molar-refractivity contribution in [2.45, 2.75) is 12.8 Å². The summed E-state index contributed by atoms with van der Waals surface area (Å²) in [7, 11) is 0. The Balaban J connectivity index is 1.53. The SMILES string of the molecule is O=C(NCCc1ccccc1)C1CC(=O)N(c2ccc(Br)cc2)C1. The first-order chi connectivity index (χ1) is 11.6. The van der Waals surface area contributed by atoms with Gasteiger partial charge < -0.3 is 10.2 Å². The second-order valence-electron chi connectivity index (χ2n) is 5.91. The second-order valence-corrected chi connectivity index (χ2v) is 6.82. The van der Waals surface area contributed by atoms with Gasteiger partial charge in [-0.05, 0) is 36.2 Å². The molecule has 1 saturated heterocycles. The van der Waals surface area contributed by atoms with Crippen LogP contribution >= 0.6 is 15.9 Å².